The minimum atomic E-state index is 0.404. The van der Waals surface area contributed by atoms with E-state index >= 15 is 0 Å². The van der Waals surface area contributed by atoms with Crippen molar-refractivity contribution in [3.8, 4) is 56.0 Å². The van der Waals surface area contributed by atoms with Crippen LogP contribution in [0.4, 0.5) is 0 Å². The lowest BCUT2D eigenvalue weighted by Gasteiger charge is -2.20. The molecule has 2 nitrogen and oxygen atoms in total. The van der Waals surface area contributed by atoms with E-state index in [0.29, 0.717) is 8.58 Å². The van der Waals surface area contributed by atoms with Gasteiger partial charge in [-0.05, 0) is 113 Å². The highest BCUT2D eigenvalue weighted by molar-refractivity contribution is 7.55. The van der Waals surface area contributed by atoms with Crippen LogP contribution in [-0.4, -0.2) is 14.2 Å². The van der Waals surface area contributed by atoms with E-state index in [2.05, 4.69) is 152 Å². The maximum atomic E-state index is 6.27. The molecule has 0 aromatic heterocycles. The van der Waals surface area contributed by atoms with Crippen LogP contribution in [0.1, 0.15) is 44.5 Å². The summed E-state index contributed by atoms with van der Waals surface area (Å²) in [4.78, 5) is 0. The number of hydrogen-bond donors (Lipinski definition) is 0. The van der Waals surface area contributed by atoms with Crippen LogP contribution < -0.4 is 20.1 Å². The molecule has 0 saturated heterocycles. The van der Waals surface area contributed by atoms with Gasteiger partial charge in [0.1, 0.15) is 11.5 Å². The summed E-state index contributed by atoms with van der Waals surface area (Å²) >= 11 is 0. The minimum Gasteiger partial charge on any atom is -0.495 e. The van der Waals surface area contributed by atoms with E-state index in [1.54, 1.807) is 14.2 Å². The summed E-state index contributed by atoms with van der Waals surface area (Å²) < 4.78 is 12.5. The number of benzene rings is 6. The van der Waals surface area contributed by atoms with Crippen LogP contribution in [0, 0.1) is 55.4 Å². The number of rotatable bonds is 8. The Balaban J connectivity index is 1.62. The lowest BCUT2D eigenvalue weighted by Crippen LogP contribution is -2.08. The van der Waals surface area contributed by atoms with Crippen LogP contribution in [0.2, 0.25) is 0 Å². The highest BCUT2D eigenvalue weighted by Crippen LogP contribution is 2.43. The van der Waals surface area contributed by atoms with E-state index in [-0.39, 0.29) is 0 Å². The van der Waals surface area contributed by atoms with Crippen molar-refractivity contribution in [2.24, 2.45) is 0 Å². The van der Waals surface area contributed by atoms with Gasteiger partial charge in [-0.2, -0.15) is 0 Å². The zero-order valence-electron chi connectivity index (χ0n) is 30.6. The van der Waals surface area contributed by atoms with Crippen molar-refractivity contribution < 1.29 is 9.47 Å². The zero-order valence-corrected chi connectivity index (χ0v) is 31.6. The maximum absolute atomic E-state index is 6.27. The molecule has 0 heterocycles. The fourth-order valence-corrected chi connectivity index (χ4v) is 8.59. The van der Waals surface area contributed by atoms with Crippen LogP contribution in [0.15, 0.2) is 97.1 Å². The first-order valence-corrected chi connectivity index (χ1v) is 18.0. The molecule has 0 radical (unpaired) electrons. The van der Waals surface area contributed by atoms with E-state index in [4.69, 9.17) is 9.47 Å². The Morgan fingerprint density at radius 3 is 0.694 bits per heavy atom. The zero-order chi connectivity index (χ0) is 35.0. The van der Waals surface area contributed by atoms with Crippen molar-refractivity contribution in [3.63, 3.8) is 0 Å². The highest BCUT2D eigenvalue weighted by atomic mass is 31.1. The average Bonchev–Trinajstić information content (AvgIpc) is 3.02. The van der Waals surface area contributed by atoms with Gasteiger partial charge in [0.05, 0.1) is 14.2 Å². The molecule has 49 heavy (non-hydrogen) atoms. The number of hydrogen-bond acceptors (Lipinski definition) is 2. The van der Waals surface area contributed by atoms with Gasteiger partial charge in [0, 0.05) is 22.3 Å². The van der Waals surface area contributed by atoms with E-state index < -0.39 is 0 Å². The number of methoxy groups -OCH3 is 2. The first kappa shape index (κ1) is 34.2. The lowest BCUT2D eigenvalue weighted by molar-refractivity contribution is 0.418. The van der Waals surface area contributed by atoms with Crippen molar-refractivity contribution in [3.05, 3.63) is 142 Å². The summed E-state index contributed by atoms with van der Waals surface area (Å²) in [6, 6.07) is 36.4. The lowest BCUT2D eigenvalue weighted by atomic mass is 9.94. The predicted octanol–water partition coefficient (Wildman–Crippen LogP) is 11.5. The second-order valence-corrected chi connectivity index (χ2v) is 15.2. The fourth-order valence-electron chi connectivity index (χ4n) is 7.39. The molecule has 0 amide bonds. The predicted molar refractivity (Wildman–Crippen MR) is 213 cm³/mol. The van der Waals surface area contributed by atoms with Crippen molar-refractivity contribution >= 4 is 19.2 Å². The molecule has 248 valence electrons. The Morgan fingerprint density at radius 1 is 0.306 bits per heavy atom. The third kappa shape index (κ3) is 7.51. The molecule has 0 aliphatic carbocycles. The molecule has 3 heteroatoms. The summed E-state index contributed by atoms with van der Waals surface area (Å²) in [5.74, 6) is 1.82. The second kappa shape index (κ2) is 14.1. The summed E-state index contributed by atoms with van der Waals surface area (Å²) in [5, 5.41) is 2.51. The Labute approximate surface area is 295 Å². The third-order valence-electron chi connectivity index (χ3n) is 9.01. The molecule has 0 N–H and O–H groups in total. The molecule has 6 rings (SSSR count). The van der Waals surface area contributed by atoms with Gasteiger partial charge in [0.2, 0.25) is 0 Å². The molecule has 6 aromatic rings. The average molecular weight is 663 g/mol. The molecule has 0 atom stereocenters. The van der Waals surface area contributed by atoms with E-state index in [1.807, 2.05) is 0 Å². The highest BCUT2D eigenvalue weighted by Gasteiger charge is 2.20. The third-order valence-corrected chi connectivity index (χ3v) is 10.2. The Hall–Kier alpha value is -4.65. The fraction of sp³-hybridized carbons (Fsp3) is 0.217. The quantitative estimate of drug-likeness (QED) is 0.151. The van der Waals surface area contributed by atoms with Crippen molar-refractivity contribution in [1.29, 1.82) is 0 Å². The molecule has 0 fully saturated rings. The molecule has 0 aliphatic rings. The van der Waals surface area contributed by atoms with E-state index in [1.165, 1.54) is 77.4 Å². The van der Waals surface area contributed by atoms with Crippen LogP contribution >= 0.6 is 8.58 Å². The van der Waals surface area contributed by atoms with Crippen molar-refractivity contribution in [2.45, 2.75) is 55.4 Å². The molecule has 0 bridgehead atoms. The van der Waals surface area contributed by atoms with Gasteiger partial charge in [0.15, 0.2) is 0 Å². The van der Waals surface area contributed by atoms with E-state index in [9.17, 15) is 0 Å². The topological polar surface area (TPSA) is 18.5 Å². The van der Waals surface area contributed by atoms with Gasteiger partial charge in [-0.25, -0.2) is 0 Å². The first-order valence-electron chi connectivity index (χ1n) is 17.0. The Kier molecular flexibility index (Phi) is 9.82. The molecule has 0 aliphatic heterocycles. The first-order chi connectivity index (χ1) is 23.4. The standard InChI is InChI=1S/C46H47O2P/c1-27-11-28(2)16-35(15-27)41-23-39(24-42(45(41)47-9)36-17-29(3)12-30(4)18-36)49-40-25-43(37-19-31(5)13-32(6)20-37)46(48-10)44(26-40)38-21-33(7)14-34(8)22-38/h11-26,49H,1-10H3. The van der Waals surface area contributed by atoms with Gasteiger partial charge in [-0.1, -0.05) is 126 Å². The maximum Gasteiger partial charge on any atom is 0.134 e. The molecule has 0 saturated carbocycles. The summed E-state index contributed by atoms with van der Waals surface area (Å²) in [6.45, 7) is 17.3. The Bertz CT molecular complexity index is 1820. The van der Waals surface area contributed by atoms with Gasteiger partial charge >= 0.3 is 0 Å². The van der Waals surface area contributed by atoms with Crippen LogP contribution in [0.3, 0.4) is 0 Å². The summed E-state index contributed by atoms with van der Waals surface area (Å²) in [7, 11) is 4.00. The second-order valence-electron chi connectivity index (χ2n) is 13.8. The number of ether oxygens (including phenoxy) is 2. The number of aryl methyl sites for hydroxylation is 8. The van der Waals surface area contributed by atoms with Gasteiger partial charge in [0.25, 0.3) is 0 Å². The Morgan fingerprint density at radius 2 is 0.510 bits per heavy atom. The van der Waals surface area contributed by atoms with Gasteiger partial charge in [-0.3, -0.25) is 0 Å². The summed E-state index contributed by atoms with van der Waals surface area (Å²) in [5.41, 5.74) is 19.1. The minimum absolute atomic E-state index is 0.404. The smallest absolute Gasteiger partial charge is 0.134 e. The largest absolute Gasteiger partial charge is 0.495 e. The van der Waals surface area contributed by atoms with Gasteiger partial charge in [-0.15, -0.1) is 0 Å². The van der Waals surface area contributed by atoms with Crippen LogP contribution in [-0.2, 0) is 0 Å². The van der Waals surface area contributed by atoms with Crippen LogP contribution in [0.5, 0.6) is 11.5 Å². The van der Waals surface area contributed by atoms with Crippen molar-refractivity contribution in [1.82, 2.24) is 0 Å². The molecule has 0 spiro atoms. The molecular weight excluding hydrogens is 615 g/mol. The summed E-state index contributed by atoms with van der Waals surface area (Å²) in [6.07, 6.45) is 0. The monoisotopic (exact) mass is 662 g/mol. The molecular formula is C46H47O2P. The van der Waals surface area contributed by atoms with Crippen molar-refractivity contribution in [2.75, 3.05) is 14.2 Å². The van der Waals surface area contributed by atoms with E-state index in [0.717, 1.165) is 33.8 Å². The molecule has 6 aromatic carbocycles. The molecule has 0 unspecified atom stereocenters. The SMILES string of the molecule is COc1c(-c2cc(C)cc(C)c2)cc(Pc2cc(-c3cc(C)cc(C)c3)c(OC)c(-c3cc(C)cc(C)c3)c2)cc1-c1cc(C)cc(C)c1. The normalized spacial score (nSPS) is 11.1. The van der Waals surface area contributed by atoms with Crippen LogP contribution in [0.25, 0.3) is 44.5 Å². The van der Waals surface area contributed by atoms with Gasteiger partial charge < -0.3 is 9.47 Å².